The van der Waals surface area contributed by atoms with Gasteiger partial charge < -0.3 is 10.1 Å². The number of rotatable bonds is 3. The molecule has 0 aromatic heterocycles. The van der Waals surface area contributed by atoms with Gasteiger partial charge in [-0.2, -0.15) is 0 Å². The lowest BCUT2D eigenvalue weighted by molar-refractivity contribution is 0.0410. The number of benzene rings is 2. The Kier molecular flexibility index (Phi) is 9.08. The average molecular weight is 349 g/mol. The monoisotopic (exact) mass is 348 g/mol. The van der Waals surface area contributed by atoms with Gasteiger partial charge in [-0.25, -0.2) is 9.90 Å². The van der Waals surface area contributed by atoms with Gasteiger partial charge in [-0.15, -0.1) is 12.4 Å². The molecule has 1 radical (unpaired) electrons. The predicted octanol–water partition coefficient (Wildman–Crippen LogP) is 3.26. The highest BCUT2D eigenvalue weighted by Gasteiger charge is 2.05. The molecule has 2 aromatic carbocycles. The molecular formula is C19H23ClNO3. The molecule has 3 rings (SSSR count). The molecule has 24 heavy (non-hydrogen) atoms. The third-order valence-corrected chi connectivity index (χ3v) is 3.55. The van der Waals surface area contributed by atoms with Gasteiger partial charge in [-0.05, 0) is 36.6 Å². The van der Waals surface area contributed by atoms with Crippen molar-refractivity contribution in [1.82, 2.24) is 5.32 Å². The maximum atomic E-state index is 10.6. The molecule has 1 unspecified atom stereocenters. The lowest BCUT2D eigenvalue weighted by Gasteiger charge is -2.18. The number of carbonyl (C=O) groups is 1. The summed E-state index contributed by atoms with van der Waals surface area (Å²) in [5.41, 5.74) is 2.52. The first kappa shape index (κ1) is 20.2. The Labute approximate surface area is 149 Å². The first-order valence-corrected chi connectivity index (χ1v) is 7.81. The second kappa shape index (κ2) is 10.8. The van der Waals surface area contributed by atoms with Crippen molar-refractivity contribution in [3.8, 4) is 0 Å². The molecule has 0 amide bonds. The molecule has 1 aliphatic rings. The molecule has 1 saturated heterocycles. The normalized spacial score (nSPS) is 16.3. The Hall–Kier alpha value is -1.88. The number of ether oxygens (including phenoxy) is 1. The molecule has 0 aliphatic carbocycles. The van der Waals surface area contributed by atoms with Crippen LogP contribution in [0.5, 0.6) is 0 Å². The Morgan fingerprint density at radius 2 is 1.71 bits per heavy atom. The lowest BCUT2D eigenvalue weighted by Crippen LogP contribution is -2.36. The predicted molar refractivity (Wildman–Crippen MR) is 96.2 cm³/mol. The molecule has 4 nitrogen and oxygen atoms in total. The smallest absolute Gasteiger partial charge is 0.376 e. The van der Waals surface area contributed by atoms with Crippen molar-refractivity contribution in [2.75, 3.05) is 19.7 Å². The van der Waals surface area contributed by atoms with Gasteiger partial charge >= 0.3 is 5.97 Å². The third-order valence-electron chi connectivity index (χ3n) is 3.55. The minimum Gasteiger partial charge on any atom is -0.376 e. The van der Waals surface area contributed by atoms with Crippen LogP contribution in [0.4, 0.5) is 0 Å². The van der Waals surface area contributed by atoms with Gasteiger partial charge in [0.1, 0.15) is 0 Å². The summed E-state index contributed by atoms with van der Waals surface area (Å²) < 4.78 is 5.22. The van der Waals surface area contributed by atoms with E-state index >= 15 is 0 Å². The standard InChI is InChI=1S/C14H11O2.C5H11NO.ClH/c15-14(16)13-8-6-12(7-9-13)10-11-4-2-1-3-5-11;1-5-4-6-2-3-7-5;/h1-9H,10H2;5-6H,2-4H2,1H3;1H. The lowest BCUT2D eigenvalue weighted by atomic mass is 10.0. The van der Waals surface area contributed by atoms with Crippen molar-refractivity contribution in [2.45, 2.75) is 19.4 Å². The Bertz CT molecular complexity index is 596. The van der Waals surface area contributed by atoms with Crippen LogP contribution in [0.2, 0.25) is 0 Å². The highest BCUT2D eigenvalue weighted by molar-refractivity contribution is 5.87. The maximum Gasteiger partial charge on any atom is 0.386 e. The molecule has 1 atom stereocenters. The van der Waals surface area contributed by atoms with E-state index in [1.54, 1.807) is 12.1 Å². The van der Waals surface area contributed by atoms with Crippen molar-refractivity contribution >= 4 is 18.4 Å². The van der Waals surface area contributed by atoms with Crippen molar-refractivity contribution in [3.63, 3.8) is 0 Å². The van der Waals surface area contributed by atoms with Gasteiger partial charge in [-0.3, -0.25) is 0 Å². The molecule has 1 fully saturated rings. The molecule has 0 bridgehead atoms. The van der Waals surface area contributed by atoms with E-state index in [-0.39, 0.29) is 18.0 Å². The fourth-order valence-electron chi connectivity index (χ4n) is 2.29. The maximum absolute atomic E-state index is 10.6. The quantitative estimate of drug-likeness (QED) is 0.926. The topological polar surface area (TPSA) is 58.2 Å². The van der Waals surface area contributed by atoms with Crippen LogP contribution in [0, 0.1) is 0 Å². The van der Waals surface area contributed by atoms with E-state index in [1.165, 1.54) is 5.56 Å². The summed E-state index contributed by atoms with van der Waals surface area (Å²) in [6.07, 6.45) is 1.24. The second-order valence-corrected chi connectivity index (χ2v) is 5.53. The summed E-state index contributed by atoms with van der Waals surface area (Å²) in [6.45, 7) is 4.98. The highest BCUT2D eigenvalue weighted by Crippen LogP contribution is 2.10. The van der Waals surface area contributed by atoms with Crippen LogP contribution >= 0.6 is 12.4 Å². The average Bonchev–Trinajstić information content (AvgIpc) is 2.57. The fraction of sp³-hybridized carbons (Fsp3) is 0.316. The minimum atomic E-state index is -1.13. The molecule has 1 heterocycles. The van der Waals surface area contributed by atoms with E-state index in [9.17, 15) is 9.90 Å². The number of morpholine rings is 1. The van der Waals surface area contributed by atoms with Crippen molar-refractivity contribution in [1.29, 1.82) is 0 Å². The largest absolute Gasteiger partial charge is 0.386 e. The van der Waals surface area contributed by atoms with Crippen LogP contribution in [0.25, 0.3) is 0 Å². The Morgan fingerprint density at radius 3 is 2.17 bits per heavy atom. The van der Waals surface area contributed by atoms with E-state index in [2.05, 4.69) is 12.2 Å². The summed E-state index contributed by atoms with van der Waals surface area (Å²) in [4.78, 5) is 10.6. The molecule has 129 valence electrons. The molecule has 1 N–H and O–H groups in total. The van der Waals surface area contributed by atoms with E-state index in [4.69, 9.17) is 4.74 Å². The van der Waals surface area contributed by atoms with Gasteiger partial charge in [-0.1, -0.05) is 42.5 Å². The van der Waals surface area contributed by atoms with Gasteiger partial charge in [0.15, 0.2) is 0 Å². The van der Waals surface area contributed by atoms with E-state index in [0.29, 0.717) is 6.10 Å². The summed E-state index contributed by atoms with van der Waals surface area (Å²) >= 11 is 0. The SMILES string of the molecule is CC1CNCCO1.Cl.[O]C(=O)c1ccc(Cc2ccccc2)cc1. The molecule has 0 saturated carbocycles. The van der Waals surface area contributed by atoms with Crippen molar-refractivity contribution in [3.05, 3.63) is 71.3 Å². The second-order valence-electron chi connectivity index (χ2n) is 5.53. The van der Waals surface area contributed by atoms with Crippen LogP contribution < -0.4 is 5.32 Å². The van der Waals surface area contributed by atoms with E-state index in [1.807, 2.05) is 42.5 Å². The van der Waals surface area contributed by atoms with Gasteiger partial charge in [0.05, 0.1) is 18.3 Å². The fourth-order valence-corrected chi connectivity index (χ4v) is 2.29. The summed E-state index contributed by atoms with van der Waals surface area (Å²) in [5.74, 6) is -1.13. The van der Waals surface area contributed by atoms with Crippen LogP contribution in [-0.4, -0.2) is 31.8 Å². The number of halogens is 1. The van der Waals surface area contributed by atoms with Crippen LogP contribution in [0.1, 0.15) is 28.4 Å². The zero-order valence-corrected chi connectivity index (χ0v) is 14.6. The van der Waals surface area contributed by atoms with Crippen LogP contribution in [0.3, 0.4) is 0 Å². The van der Waals surface area contributed by atoms with Crippen molar-refractivity contribution < 1.29 is 14.6 Å². The van der Waals surface area contributed by atoms with Crippen LogP contribution in [-0.2, 0) is 16.3 Å². The van der Waals surface area contributed by atoms with Gasteiger partial charge in [0.2, 0.25) is 0 Å². The Morgan fingerprint density at radius 1 is 1.08 bits per heavy atom. The summed E-state index contributed by atoms with van der Waals surface area (Å²) in [6, 6.07) is 16.8. The Balaban J connectivity index is 0.000000304. The summed E-state index contributed by atoms with van der Waals surface area (Å²) in [5, 5.41) is 13.8. The third kappa shape index (κ3) is 7.13. The van der Waals surface area contributed by atoms with E-state index in [0.717, 1.165) is 31.7 Å². The molecule has 5 heteroatoms. The minimum absolute atomic E-state index is 0. The molecule has 1 aliphatic heterocycles. The van der Waals surface area contributed by atoms with Gasteiger partial charge in [0.25, 0.3) is 0 Å². The number of nitrogens with one attached hydrogen (secondary N) is 1. The van der Waals surface area contributed by atoms with Gasteiger partial charge in [0, 0.05) is 13.1 Å². The van der Waals surface area contributed by atoms with Crippen LogP contribution in [0.15, 0.2) is 54.6 Å². The number of hydrogen-bond donors (Lipinski definition) is 1. The molecule has 2 aromatic rings. The zero-order valence-electron chi connectivity index (χ0n) is 13.7. The van der Waals surface area contributed by atoms with Crippen molar-refractivity contribution in [2.24, 2.45) is 0 Å². The number of carbonyl (C=O) groups excluding carboxylic acids is 1. The molecule has 0 spiro atoms. The zero-order chi connectivity index (χ0) is 16.5. The number of hydrogen-bond acceptors (Lipinski definition) is 3. The first-order valence-electron chi connectivity index (χ1n) is 7.81. The first-order chi connectivity index (χ1) is 11.1. The highest BCUT2D eigenvalue weighted by atomic mass is 35.5. The summed E-state index contributed by atoms with van der Waals surface area (Å²) in [7, 11) is 0. The molecular weight excluding hydrogens is 326 g/mol. The van der Waals surface area contributed by atoms with E-state index < -0.39 is 5.97 Å².